The van der Waals surface area contributed by atoms with Gasteiger partial charge in [-0.2, -0.15) is 0 Å². The van der Waals surface area contributed by atoms with Gasteiger partial charge in [0.2, 0.25) is 0 Å². The van der Waals surface area contributed by atoms with Crippen molar-refractivity contribution >= 4 is 12.1 Å². The molecule has 26 heavy (non-hydrogen) atoms. The van der Waals surface area contributed by atoms with Gasteiger partial charge in [0.15, 0.2) is 0 Å². The minimum absolute atomic E-state index is 0.0335. The average molecular weight is 361 g/mol. The Bertz CT molecular complexity index is 676. The van der Waals surface area contributed by atoms with E-state index in [1.54, 1.807) is 10.8 Å². The van der Waals surface area contributed by atoms with Crippen LogP contribution in [0.25, 0.3) is 0 Å². The average Bonchev–Trinajstić information content (AvgIpc) is 3.21. The van der Waals surface area contributed by atoms with Crippen molar-refractivity contribution in [2.45, 2.75) is 70.1 Å². The summed E-state index contributed by atoms with van der Waals surface area (Å²) in [6.07, 6.45) is 7.83. The SMILES string of the molecule is O=C(O)N(Cc1ncc2n1C(=O)N(C1CCNCC1)C2)C1CCCCC1. The number of carboxylic acid groups (broad SMARTS) is 1. The van der Waals surface area contributed by atoms with E-state index in [0.717, 1.165) is 57.3 Å². The van der Waals surface area contributed by atoms with Crippen LogP contribution >= 0.6 is 0 Å². The fourth-order valence-electron chi connectivity index (χ4n) is 4.56. The molecule has 2 fully saturated rings. The van der Waals surface area contributed by atoms with Gasteiger partial charge in [0.25, 0.3) is 0 Å². The Balaban J connectivity index is 1.51. The van der Waals surface area contributed by atoms with Crippen molar-refractivity contribution in [1.29, 1.82) is 0 Å². The van der Waals surface area contributed by atoms with Crippen LogP contribution in [0.3, 0.4) is 0 Å². The van der Waals surface area contributed by atoms with Crippen molar-refractivity contribution in [2.75, 3.05) is 13.1 Å². The molecule has 8 heteroatoms. The Labute approximate surface area is 153 Å². The van der Waals surface area contributed by atoms with E-state index in [0.29, 0.717) is 12.4 Å². The molecule has 0 radical (unpaired) electrons. The van der Waals surface area contributed by atoms with Gasteiger partial charge in [0.05, 0.1) is 25.0 Å². The molecule has 3 heterocycles. The largest absolute Gasteiger partial charge is 0.465 e. The van der Waals surface area contributed by atoms with Crippen LogP contribution in [0.1, 0.15) is 56.5 Å². The monoisotopic (exact) mass is 361 g/mol. The molecule has 4 rings (SSSR count). The summed E-state index contributed by atoms with van der Waals surface area (Å²) in [7, 11) is 0. The van der Waals surface area contributed by atoms with Gasteiger partial charge in [-0.15, -0.1) is 0 Å². The van der Waals surface area contributed by atoms with Crippen molar-refractivity contribution in [3.05, 3.63) is 17.7 Å². The lowest BCUT2D eigenvalue weighted by atomic mass is 9.94. The molecule has 2 amide bonds. The van der Waals surface area contributed by atoms with Gasteiger partial charge in [-0.3, -0.25) is 4.90 Å². The Morgan fingerprint density at radius 1 is 1.23 bits per heavy atom. The number of hydrogen-bond donors (Lipinski definition) is 2. The van der Waals surface area contributed by atoms with Crippen LogP contribution in [0.5, 0.6) is 0 Å². The van der Waals surface area contributed by atoms with Crippen molar-refractivity contribution in [3.63, 3.8) is 0 Å². The maximum Gasteiger partial charge on any atom is 0.407 e. The van der Waals surface area contributed by atoms with Gasteiger partial charge >= 0.3 is 12.1 Å². The normalized spacial score (nSPS) is 21.8. The number of aromatic nitrogens is 2. The smallest absolute Gasteiger partial charge is 0.407 e. The highest BCUT2D eigenvalue weighted by Gasteiger charge is 2.36. The second-order valence-corrected chi connectivity index (χ2v) is 7.60. The first-order chi connectivity index (χ1) is 12.6. The molecule has 0 aromatic carbocycles. The summed E-state index contributed by atoms with van der Waals surface area (Å²) >= 11 is 0. The minimum Gasteiger partial charge on any atom is -0.465 e. The number of imidazole rings is 1. The summed E-state index contributed by atoms with van der Waals surface area (Å²) in [5, 5.41) is 13.0. The van der Waals surface area contributed by atoms with E-state index in [4.69, 9.17) is 0 Å². The van der Waals surface area contributed by atoms with Crippen molar-refractivity contribution in [1.82, 2.24) is 24.7 Å². The Morgan fingerprint density at radius 3 is 2.65 bits per heavy atom. The molecule has 2 aliphatic heterocycles. The topological polar surface area (TPSA) is 90.7 Å². The highest BCUT2D eigenvalue weighted by molar-refractivity contribution is 5.81. The zero-order valence-corrected chi connectivity index (χ0v) is 15.1. The lowest BCUT2D eigenvalue weighted by Gasteiger charge is -2.32. The Hall–Kier alpha value is -2.09. The molecule has 0 atom stereocenters. The van der Waals surface area contributed by atoms with Crippen LogP contribution in [-0.2, 0) is 13.1 Å². The Kier molecular flexibility index (Phi) is 4.84. The molecule has 0 bridgehead atoms. The van der Waals surface area contributed by atoms with Crippen LogP contribution in [0.15, 0.2) is 6.20 Å². The van der Waals surface area contributed by atoms with Gasteiger partial charge in [-0.1, -0.05) is 19.3 Å². The van der Waals surface area contributed by atoms with Crippen LogP contribution in [0.2, 0.25) is 0 Å². The van der Waals surface area contributed by atoms with Crippen LogP contribution in [0.4, 0.5) is 9.59 Å². The first-order valence-electron chi connectivity index (χ1n) is 9.72. The van der Waals surface area contributed by atoms with E-state index in [1.807, 2.05) is 4.90 Å². The summed E-state index contributed by atoms with van der Waals surface area (Å²) in [5.74, 6) is 0.550. The zero-order valence-electron chi connectivity index (χ0n) is 15.1. The molecular weight excluding hydrogens is 334 g/mol. The molecule has 0 spiro atoms. The molecule has 1 aliphatic carbocycles. The standard InChI is InChI=1S/C18H27N5O3/c24-17-21(14-6-8-19-9-7-14)11-15-10-20-16(23(15)17)12-22(18(25)26)13-4-2-1-3-5-13/h10,13-14,19H,1-9,11-12H2,(H,25,26). The van der Waals surface area contributed by atoms with Gasteiger partial charge < -0.3 is 15.3 Å². The first-order valence-corrected chi connectivity index (χ1v) is 9.72. The quantitative estimate of drug-likeness (QED) is 0.858. The molecule has 8 nitrogen and oxygen atoms in total. The zero-order chi connectivity index (χ0) is 18.1. The Morgan fingerprint density at radius 2 is 1.96 bits per heavy atom. The number of rotatable bonds is 4. The second-order valence-electron chi connectivity index (χ2n) is 7.60. The lowest BCUT2D eigenvalue weighted by molar-refractivity contribution is 0.104. The molecular formula is C18H27N5O3. The van der Waals surface area contributed by atoms with Crippen molar-refractivity contribution in [2.24, 2.45) is 0 Å². The summed E-state index contributed by atoms with van der Waals surface area (Å²) in [5.41, 5.74) is 0.873. The van der Waals surface area contributed by atoms with Crippen molar-refractivity contribution in [3.8, 4) is 0 Å². The van der Waals surface area contributed by atoms with Crippen LogP contribution in [0, 0.1) is 0 Å². The highest BCUT2D eigenvalue weighted by Crippen LogP contribution is 2.27. The maximum absolute atomic E-state index is 13.0. The van der Waals surface area contributed by atoms with E-state index < -0.39 is 6.09 Å². The molecule has 0 unspecified atom stereocenters. The third-order valence-corrected chi connectivity index (χ3v) is 6.00. The fourth-order valence-corrected chi connectivity index (χ4v) is 4.56. The number of amides is 2. The molecule has 1 saturated carbocycles. The van der Waals surface area contributed by atoms with Gasteiger partial charge in [-0.05, 0) is 38.8 Å². The van der Waals surface area contributed by atoms with E-state index >= 15 is 0 Å². The minimum atomic E-state index is -0.921. The number of piperidine rings is 1. The van der Waals surface area contributed by atoms with E-state index in [1.165, 1.54) is 11.3 Å². The number of nitrogens with one attached hydrogen (secondary N) is 1. The van der Waals surface area contributed by atoms with Gasteiger partial charge in [0.1, 0.15) is 5.82 Å². The van der Waals surface area contributed by atoms with E-state index in [-0.39, 0.29) is 24.7 Å². The maximum atomic E-state index is 13.0. The lowest BCUT2D eigenvalue weighted by Crippen LogP contribution is -2.44. The predicted molar refractivity (Wildman–Crippen MR) is 94.9 cm³/mol. The summed E-state index contributed by atoms with van der Waals surface area (Å²) < 4.78 is 1.64. The fraction of sp³-hybridized carbons (Fsp3) is 0.722. The summed E-state index contributed by atoms with van der Waals surface area (Å²) in [6, 6.07) is 0.241. The number of carbonyl (C=O) groups excluding carboxylic acids is 1. The van der Waals surface area contributed by atoms with Crippen LogP contribution in [-0.4, -0.2) is 61.8 Å². The molecule has 1 aromatic heterocycles. The molecule has 3 aliphatic rings. The van der Waals surface area contributed by atoms with Crippen molar-refractivity contribution < 1.29 is 14.7 Å². The van der Waals surface area contributed by atoms with E-state index in [2.05, 4.69) is 10.3 Å². The van der Waals surface area contributed by atoms with Crippen LogP contribution < -0.4 is 5.32 Å². The summed E-state index contributed by atoms with van der Waals surface area (Å²) in [4.78, 5) is 32.6. The highest BCUT2D eigenvalue weighted by atomic mass is 16.4. The molecule has 1 saturated heterocycles. The molecule has 2 N–H and O–H groups in total. The third kappa shape index (κ3) is 3.18. The predicted octanol–water partition coefficient (Wildman–Crippen LogP) is 2.23. The number of carbonyl (C=O) groups is 2. The molecule has 1 aromatic rings. The first kappa shape index (κ1) is 17.3. The third-order valence-electron chi connectivity index (χ3n) is 6.00. The number of hydrogen-bond acceptors (Lipinski definition) is 4. The van der Waals surface area contributed by atoms with Gasteiger partial charge in [-0.25, -0.2) is 19.1 Å². The number of fused-ring (bicyclic) bond motifs is 1. The van der Waals surface area contributed by atoms with Gasteiger partial charge in [0, 0.05) is 12.1 Å². The van der Waals surface area contributed by atoms with E-state index in [9.17, 15) is 14.7 Å². The second kappa shape index (κ2) is 7.26. The molecule has 142 valence electrons. The summed E-state index contributed by atoms with van der Waals surface area (Å²) in [6.45, 7) is 2.63. The number of nitrogens with zero attached hydrogens (tertiary/aromatic N) is 4.